The van der Waals surface area contributed by atoms with Gasteiger partial charge in [0.15, 0.2) is 5.82 Å². The van der Waals surface area contributed by atoms with Gasteiger partial charge in [-0.1, -0.05) is 36.0 Å². The molecule has 2 aromatic heterocycles. The molecule has 0 aliphatic heterocycles. The minimum Gasteiger partial charge on any atom is -0.495 e. The van der Waals surface area contributed by atoms with Gasteiger partial charge in [0.25, 0.3) is 0 Å². The van der Waals surface area contributed by atoms with E-state index < -0.39 is 0 Å². The maximum atomic E-state index is 12.4. The molecule has 1 amide bonds. The number of anilines is 1. The Morgan fingerprint density at radius 1 is 1.24 bits per heavy atom. The average Bonchev–Trinajstić information content (AvgIpc) is 3.29. The van der Waals surface area contributed by atoms with E-state index in [1.165, 1.54) is 16.4 Å². The van der Waals surface area contributed by atoms with Gasteiger partial charge in [-0.05, 0) is 36.8 Å². The minimum absolute atomic E-state index is 0.138. The van der Waals surface area contributed by atoms with Crippen LogP contribution in [0.25, 0.3) is 22.4 Å². The molecule has 0 atom stereocenters. The third kappa shape index (κ3) is 3.90. The zero-order valence-corrected chi connectivity index (χ0v) is 16.8. The molecule has 0 spiro atoms. The summed E-state index contributed by atoms with van der Waals surface area (Å²) < 4.78 is 6.67. The highest BCUT2D eigenvalue weighted by Gasteiger charge is 2.16. The van der Waals surface area contributed by atoms with Gasteiger partial charge in [-0.15, -0.1) is 10.2 Å². The molecule has 2 aromatic carbocycles. The molecule has 0 bridgehead atoms. The topological polar surface area (TPSA) is 111 Å². The number of hydrogen-bond donors (Lipinski definition) is 3. The maximum absolute atomic E-state index is 12.4. The third-order valence-corrected chi connectivity index (χ3v) is 5.34. The van der Waals surface area contributed by atoms with E-state index >= 15 is 0 Å². The number of benzene rings is 2. The van der Waals surface area contributed by atoms with Crippen molar-refractivity contribution in [3.8, 4) is 17.3 Å². The van der Waals surface area contributed by atoms with Crippen LogP contribution >= 0.6 is 11.8 Å². The Morgan fingerprint density at radius 3 is 2.86 bits per heavy atom. The van der Waals surface area contributed by atoms with Crippen LogP contribution in [0.2, 0.25) is 0 Å². The van der Waals surface area contributed by atoms with E-state index in [0.717, 1.165) is 22.2 Å². The minimum atomic E-state index is -0.186. The van der Waals surface area contributed by atoms with E-state index in [4.69, 9.17) is 10.6 Å². The third-order valence-electron chi connectivity index (χ3n) is 4.40. The molecular weight excluding hydrogens is 388 g/mol. The Labute approximate surface area is 171 Å². The number of nitrogens with two attached hydrogens (primary N) is 1. The largest absolute Gasteiger partial charge is 0.495 e. The molecule has 0 fully saturated rings. The summed E-state index contributed by atoms with van der Waals surface area (Å²) in [5, 5.41) is 12.7. The van der Waals surface area contributed by atoms with Crippen molar-refractivity contribution in [3.05, 3.63) is 54.1 Å². The summed E-state index contributed by atoms with van der Waals surface area (Å²) in [5.41, 5.74) is 3.41. The van der Waals surface area contributed by atoms with Crippen LogP contribution in [0.1, 0.15) is 5.56 Å². The molecule has 0 saturated carbocycles. The number of thioether (sulfide) groups is 1. The molecule has 0 aliphatic rings. The summed E-state index contributed by atoms with van der Waals surface area (Å²) in [7, 11) is 1.57. The van der Waals surface area contributed by atoms with E-state index in [1.807, 2.05) is 55.5 Å². The number of aryl methyl sites for hydroxylation is 1. The number of aromatic amines is 1. The van der Waals surface area contributed by atoms with Crippen molar-refractivity contribution in [2.24, 2.45) is 0 Å². The Bertz CT molecular complexity index is 1150. The SMILES string of the molecule is COc1ccc(C)cc1NC(=O)CSc1nnc(-c2cc3ccccc3[nH]2)n1N. The fourth-order valence-corrected chi connectivity index (χ4v) is 3.65. The highest BCUT2D eigenvalue weighted by molar-refractivity contribution is 7.99. The molecule has 4 aromatic rings. The van der Waals surface area contributed by atoms with E-state index in [1.54, 1.807) is 7.11 Å². The fraction of sp³-hybridized carbons (Fsp3) is 0.150. The predicted octanol–water partition coefficient (Wildman–Crippen LogP) is 3.19. The van der Waals surface area contributed by atoms with Gasteiger partial charge in [0.1, 0.15) is 5.75 Å². The molecule has 0 aliphatic carbocycles. The predicted molar refractivity (Wildman–Crippen MR) is 115 cm³/mol. The monoisotopic (exact) mass is 408 g/mol. The van der Waals surface area contributed by atoms with Gasteiger partial charge >= 0.3 is 0 Å². The number of rotatable bonds is 6. The molecule has 148 valence electrons. The molecule has 2 heterocycles. The summed E-state index contributed by atoms with van der Waals surface area (Å²) in [6.07, 6.45) is 0. The van der Waals surface area contributed by atoms with E-state index in [9.17, 15) is 4.79 Å². The number of amides is 1. The van der Waals surface area contributed by atoms with Gasteiger partial charge in [-0.3, -0.25) is 4.79 Å². The number of aromatic nitrogens is 4. The van der Waals surface area contributed by atoms with Crippen molar-refractivity contribution in [2.75, 3.05) is 24.0 Å². The molecule has 0 unspecified atom stereocenters. The van der Waals surface area contributed by atoms with Gasteiger partial charge in [-0.25, -0.2) is 4.68 Å². The van der Waals surface area contributed by atoms with Gasteiger partial charge in [0, 0.05) is 10.9 Å². The van der Waals surface area contributed by atoms with E-state index in [0.29, 0.717) is 22.4 Å². The van der Waals surface area contributed by atoms with Crippen LogP contribution in [-0.4, -0.2) is 38.6 Å². The molecule has 9 heteroatoms. The second-order valence-corrected chi connectivity index (χ2v) is 7.43. The van der Waals surface area contributed by atoms with Crippen molar-refractivity contribution in [3.63, 3.8) is 0 Å². The lowest BCUT2D eigenvalue weighted by atomic mass is 10.2. The second-order valence-electron chi connectivity index (χ2n) is 6.49. The first-order chi connectivity index (χ1) is 14.0. The Balaban J connectivity index is 1.45. The van der Waals surface area contributed by atoms with Crippen LogP contribution in [0.15, 0.2) is 53.7 Å². The van der Waals surface area contributed by atoms with Gasteiger partial charge < -0.3 is 20.9 Å². The van der Waals surface area contributed by atoms with E-state index in [-0.39, 0.29) is 11.7 Å². The van der Waals surface area contributed by atoms with Gasteiger partial charge in [0.2, 0.25) is 11.1 Å². The summed E-state index contributed by atoms with van der Waals surface area (Å²) in [4.78, 5) is 15.7. The van der Waals surface area contributed by atoms with Crippen LogP contribution in [0.5, 0.6) is 5.75 Å². The van der Waals surface area contributed by atoms with Gasteiger partial charge in [0.05, 0.1) is 24.2 Å². The lowest BCUT2D eigenvalue weighted by molar-refractivity contribution is -0.113. The number of fused-ring (bicyclic) bond motifs is 1. The van der Waals surface area contributed by atoms with E-state index in [2.05, 4.69) is 20.5 Å². The summed E-state index contributed by atoms with van der Waals surface area (Å²) in [5.74, 6) is 7.23. The first-order valence-electron chi connectivity index (χ1n) is 8.91. The number of H-pyrrole nitrogens is 1. The van der Waals surface area contributed by atoms with Gasteiger partial charge in [-0.2, -0.15) is 0 Å². The number of nitrogen functional groups attached to an aromatic ring is 1. The molecule has 8 nitrogen and oxygen atoms in total. The van der Waals surface area contributed by atoms with Crippen molar-refractivity contribution < 1.29 is 9.53 Å². The van der Waals surface area contributed by atoms with Crippen molar-refractivity contribution in [2.45, 2.75) is 12.1 Å². The zero-order chi connectivity index (χ0) is 20.4. The number of hydrogen-bond acceptors (Lipinski definition) is 6. The number of nitrogens with zero attached hydrogens (tertiary/aromatic N) is 3. The molecule has 0 radical (unpaired) electrons. The lowest BCUT2D eigenvalue weighted by Gasteiger charge is -2.10. The Hall–Kier alpha value is -3.46. The first kappa shape index (κ1) is 18.9. The Kier molecular flexibility index (Phi) is 5.13. The molecule has 29 heavy (non-hydrogen) atoms. The number of nitrogens with one attached hydrogen (secondary N) is 2. The number of methoxy groups -OCH3 is 1. The fourth-order valence-electron chi connectivity index (χ4n) is 2.99. The van der Waals surface area contributed by atoms with Crippen molar-refractivity contribution in [1.29, 1.82) is 0 Å². The maximum Gasteiger partial charge on any atom is 0.234 e. The molecule has 4 N–H and O–H groups in total. The summed E-state index contributed by atoms with van der Waals surface area (Å²) >= 11 is 1.21. The quantitative estimate of drug-likeness (QED) is 0.334. The highest BCUT2D eigenvalue weighted by atomic mass is 32.2. The highest BCUT2D eigenvalue weighted by Crippen LogP contribution is 2.27. The summed E-state index contributed by atoms with van der Waals surface area (Å²) in [6.45, 7) is 1.95. The van der Waals surface area contributed by atoms with Crippen LogP contribution in [0.3, 0.4) is 0 Å². The molecular formula is C20H20N6O2S. The average molecular weight is 408 g/mol. The number of para-hydroxylation sites is 1. The van der Waals surface area contributed by atoms with Crippen LogP contribution < -0.4 is 15.9 Å². The first-order valence-corrected chi connectivity index (χ1v) is 9.89. The summed E-state index contributed by atoms with van der Waals surface area (Å²) in [6, 6.07) is 15.5. The standard InChI is InChI=1S/C20H20N6O2S/c1-12-7-8-17(28-2)15(9-12)23-18(27)11-29-20-25-24-19(26(20)21)16-10-13-5-3-4-6-14(13)22-16/h3-10,22H,11,21H2,1-2H3,(H,23,27). The van der Waals surface area contributed by atoms with Crippen LogP contribution in [0.4, 0.5) is 5.69 Å². The molecule has 0 saturated heterocycles. The smallest absolute Gasteiger partial charge is 0.234 e. The molecule has 4 rings (SSSR count). The Morgan fingerprint density at radius 2 is 2.07 bits per heavy atom. The second kappa shape index (κ2) is 7.88. The number of ether oxygens (including phenoxy) is 1. The van der Waals surface area contributed by atoms with Crippen LogP contribution in [0, 0.1) is 6.92 Å². The zero-order valence-electron chi connectivity index (χ0n) is 16.0. The van der Waals surface area contributed by atoms with Crippen LogP contribution in [-0.2, 0) is 4.79 Å². The van der Waals surface area contributed by atoms with Crippen molar-refractivity contribution >= 4 is 34.3 Å². The lowest BCUT2D eigenvalue weighted by Crippen LogP contribution is -2.17. The number of carbonyl (C=O) groups excluding carboxylic acids is 1. The van der Waals surface area contributed by atoms with Crippen molar-refractivity contribution in [1.82, 2.24) is 19.9 Å². The number of carbonyl (C=O) groups is 1. The normalized spacial score (nSPS) is 11.0.